The molecule has 2 aromatic carbocycles. The van der Waals surface area contributed by atoms with E-state index in [-0.39, 0.29) is 11.8 Å². The van der Waals surface area contributed by atoms with Gasteiger partial charge in [-0.15, -0.1) is 0 Å². The first kappa shape index (κ1) is 21.6. The Hall–Kier alpha value is -3.07. The summed E-state index contributed by atoms with van der Waals surface area (Å²) in [6.07, 6.45) is 1.75. The average molecular weight is 432 g/mol. The zero-order chi connectivity index (χ0) is 21.7. The van der Waals surface area contributed by atoms with Crippen molar-refractivity contribution in [2.45, 2.75) is 6.42 Å². The summed E-state index contributed by atoms with van der Waals surface area (Å²) < 4.78 is 30.2. The van der Waals surface area contributed by atoms with Crippen LogP contribution >= 0.6 is 0 Å². The van der Waals surface area contributed by atoms with Crippen molar-refractivity contribution in [2.75, 3.05) is 44.3 Å². The molecule has 160 valence electrons. The third-order valence-electron chi connectivity index (χ3n) is 4.82. The lowest BCUT2D eigenvalue weighted by Crippen LogP contribution is -2.37. The summed E-state index contributed by atoms with van der Waals surface area (Å²) in [6.45, 7) is 1.98. The Kier molecular flexibility index (Phi) is 6.61. The van der Waals surface area contributed by atoms with Gasteiger partial charge in [0.2, 0.25) is 10.0 Å². The van der Waals surface area contributed by atoms with E-state index in [9.17, 15) is 18.0 Å². The van der Waals surface area contributed by atoms with Crippen LogP contribution in [-0.2, 0) is 10.0 Å². The first-order chi connectivity index (χ1) is 14.3. The van der Waals surface area contributed by atoms with Gasteiger partial charge in [-0.25, -0.2) is 8.42 Å². The van der Waals surface area contributed by atoms with Crippen LogP contribution in [0.5, 0.6) is 5.75 Å². The van der Waals surface area contributed by atoms with E-state index in [1.165, 1.54) is 0 Å². The summed E-state index contributed by atoms with van der Waals surface area (Å²) in [4.78, 5) is 29.1. The number of hydrogen-bond acceptors (Lipinski definition) is 5. The molecule has 0 saturated carbocycles. The van der Waals surface area contributed by atoms with Gasteiger partial charge >= 0.3 is 0 Å². The van der Waals surface area contributed by atoms with Crippen molar-refractivity contribution in [1.82, 2.24) is 9.80 Å². The van der Waals surface area contributed by atoms with Crippen molar-refractivity contribution in [3.8, 4) is 5.75 Å². The first-order valence-corrected chi connectivity index (χ1v) is 11.5. The molecule has 30 heavy (non-hydrogen) atoms. The van der Waals surface area contributed by atoms with Gasteiger partial charge < -0.3 is 14.5 Å². The van der Waals surface area contributed by atoms with Crippen LogP contribution in [0.2, 0.25) is 0 Å². The molecule has 1 fully saturated rings. The average Bonchev–Trinajstić information content (AvgIpc) is 2.98. The Bertz CT molecular complexity index is 1020. The molecule has 1 N–H and O–H groups in total. The van der Waals surface area contributed by atoms with E-state index in [0.29, 0.717) is 55.2 Å². The van der Waals surface area contributed by atoms with Crippen LogP contribution in [0.1, 0.15) is 27.1 Å². The van der Waals surface area contributed by atoms with Crippen LogP contribution in [-0.4, -0.2) is 69.6 Å². The molecule has 3 rings (SSSR count). The zero-order valence-electron chi connectivity index (χ0n) is 17.0. The number of carbonyl (C=O) groups excluding carboxylic acids is 2. The molecule has 9 heteroatoms. The number of hydrogen-bond donors (Lipinski definition) is 1. The van der Waals surface area contributed by atoms with Crippen LogP contribution in [0, 0.1) is 0 Å². The summed E-state index contributed by atoms with van der Waals surface area (Å²) in [5.41, 5.74) is 1.43. The standard InChI is InChI=1S/C21H25N3O5S/c1-29-19-6-3-5-17(15-19)21(26)24-12-4-11-23(13-14-24)20(25)16-7-9-18(10-8-16)22-30(2,27)28/h3,5-10,15,22H,4,11-14H2,1-2H3. The van der Waals surface area contributed by atoms with Crippen LogP contribution in [0.3, 0.4) is 0 Å². The van der Waals surface area contributed by atoms with Crippen molar-refractivity contribution < 1.29 is 22.7 Å². The second-order valence-electron chi connectivity index (χ2n) is 7.12. The molecule has 1 saturated heterocycles. The van der Waals surface area contributed by atoms with Gasteiger partial charge in [0.05, 0.1) is 13.4 Å². The molecular formula is C21H25N3O5S. The number of rotatable bonds is 5. The number of ether oxygens (including phenoxy) is 1. The van der Waals surface area contributed by atoms with Gasteiger partial charge in [-0.3, -0.25) is 14.3 Å². The molecular weight excluding hydrogens is 406 g/mol. The molecule has 0 aliphatic carbocycles. The summed E-state index contributed by atoms with van der Waals surface area (Å²) in [6, 6.07) is 13.3. The zero-order valence-corrected chi connectivity index (χ0v) is 17.8. The van der Waals surface area contributed by atoms with E-state index in [0.717, 1.165) is 6.26 Å². The molecule has 0 aromatic heterocycles. The van der Waals surface area contributed by atoms with Crippen LogP contribution in [0.15, 0.2) is 48.5 Å². The summed E-state index contributed by atoms with van der Waals surface area (Å²) >= 11 is 0. The lowest BCUT2D eigenvalue weighted by Gasteiger charge is -2.22. The molecule has 0 radical (unpaired) electrons. The minimum atomic E-state index is -3.37. The highest BCUT2D eigenvalue weighted by molar-refractivity contribution is 7.92. The van der Waals surface area contributed by atoms with E-state index >= 15 is 0 Å². The number of carbonyl (C=O) groups is 2. The lowest BCUT2D eigenvalue weighted by molar-refractivity contribution is 0.0718. The van der Waals surface area contributed by atoms with Crippen molar-refractivity contribution in [1.29, 1.82) is 0 Å². The third kappa shape index (κ3) is 5.50. The van der Waals surface area contributed by atoms with Crippen LogP contribution < -0.4 is 9.46 Å². The Balaban J connectivity index is 1.64. The monoisotopic (exact) mass is 431 g/mol. The fourth-order valence-electron chi connectivity index (χ4n) is 3.34. The molecule has 0 atom stereocenters. The summed E-state index contributed by atoms with van der Waals surface area (Å²) in [5, 5.41) is 0. The largest absolute Gasteiger partial charge is 0.497 e. The maximum Gasteiger partial charge on any atom is 0.254 e. The van der Waals surface area contributed by atoms with Gasteiger partial charge in [0, 0.05) is 43.0 Å². The van der Waals surface area contributed by atoms with E-state index < -0.39 is 10.0 Å². The fraction of sp³-hybridized carbons (Fsp3) is 0.333. The third-order valence-corrected chi connectivity index (χ3v) is 5.43. The molecule has 0 bridgehead atoms. The van der Waals surface area contributed by atoms with Crippen molar-refractivity contribution in [2.24, 2.45) is 0 Å². The molecule has 0 unspecified atom stereocenters. The van der Waals surface area contributed by atoms with Gasteiger partial charge in [-0.05, 0) is 48.9 Å². The van der Waals surface area contributed by atoms with Gasteiger partial charge in [-0.1, -0.05) is 6.07 Å². The van der Waals surface area contributed by atoms with Gasteiger partial charge in [0.15, 0.2) is 0 Å². The van der Waals surface area contributed by atoms with Gasteiger partial charge in [0.1, 0.15) is 5.75 Å². The van der Waals surface area contributed by atoms with E-state index in [1.807, 2.05) is 0 Å². The van der Waals surface area contributed by atoms with Gasteiger partial charge in [-0.2, -0.15) is 0 Å². The molecule has 1 aliphatic rings. The highest BCUT2D eigenvalue weighted by Gasteiger charge is 2.23. The first-order valence-electron chi connectivity index (χ1n) is 9.57. The SMILES string of the molecule is COc1cccc(C(=O)N2CCCN(C(=O)c3ccc(NS(C)(=O)=O)cc3)CC2)c1. The lowest BCUT2D eigenvalue weighted by atomic mass is 10.2. The minimum Gasteiger partial charge on any atom is -0.497 e. The molecule has 2 amide bonds. The Labute approximate surface area is 176 Å². The quantitative estimate of drug-likeness (QED) is 0.782. The smallest absolute Gasteiger partial charge is 0.254 e. The molecule has 0 spiro atoms. The number of methoxy groups -OCH3 is 1. The maximum atomic E-state index is 12.8. The normalized spacial score (nSPS) is 14.7. The number of benzene rings is 2. The van der Waals surface area contributed by atoms with Gasteiger partial charge in [0.25, 0.3) is 11.8 Å². The Morgan fingerprint density at radius 3 is 2.07 bits per heavy atom. The predicted octanol–water partition coefficient (Wildman–Crippen LogP) is 2.05. The molecule has 1 aliphatic heterocycles. The van der Waals surface area contributed by atoms with E-state index in [1.54, 1.807) is 65.4 Å². The van der Waals surface area contributed by atoms with Crippen molar-refractivity contribution in [3.63, 3.8) is 0 Å². The van der Waals surface area contributed by atoms with E-state index in [2.05, 4.69) is 4.72 Å². The van der Waals surface area contributed by atoms with Crippen LogP contribution in [0.25, 0.3) is 0 Å². The molecule has 1 heterocycles. The maximum absolute atomic E-state index is 12.8. The second kappa shape index (κ2) is 9.17. The number of nitrogens with one attached hydrogen (secondary N) is 1. The van der Waals surface area contributed by atoms with Crippen LogP contribution in [0.4, 0.5) is 5.69 Å². The fourth-order valence-corrected chi connectivity index (χ4v) is 3.90. The highest BCUT2D eigenvalue weighted by Crippen LogP contribution is 2.17. The summed E-state index contributed by atoms with van der Waals surface area (Å²) in [5.74, 6) is 0.400. The minimum absolute atomic E-state index is 0.0839. The number of anilines is 1. The highest BCUT2D eigenvalue weighted by atomic mass is 32.2. The molecule has 8 nitrogen and oxygen atoms in total. The number of sulfonamides is 1. The Morgan fingerprint density at radius 2 is 1.50 bits per heavy atom. The van der Waals surface area contributed by atoms with E-state index in [4.69, 9.17) is 4.74 Å². The number of nitrogens with zero attached hydrogens (tertiary/aromatic N) is 2. The molecule has 2 aromatic rings. The number of amides is 2. The summed E-state index contributed by atoms with van der Waals surface area (Å²) in [7, 11) is -1.81. The predicted molar refractivity (Wildman–Crippen MR) is 114 cm³/mol. The Morgan fingerprint density at radius 1 is 0.900 bits per heavy atom. The van der Waals surface area contributed by atoms with Crippen molar-refractivity contribution in [3.05, 3.63) is 59.7 Å². The van der Waals surface area contributed by atoms with Crippen molar-refractivity contribution >= 4 is 27.5 Å². The second-order valence-corrected chi connectivity index (χ2v) is 8.87. The topological polar surface area (TPSA) is 96.0 Å².